The molecule has 2 N–H and O–H groups in total. The van der Waals surface area contributed by atoms with Crippen molar-refractivity contribution in [3.63, 3.8) is 0 Å². The lowest BCUT2D eigenvalue weighted by molar-refractivity contribution is 0.891. The van der Waals surface area contributed by atoms with Crippen LogP contribution in [0, 0.1) is 0 Å². The monoisotopic (exact) mass is 283 g/mol. The molecule has 1 heterocycles. The van der Waals surface area contributed by atoms with E-state index in [1.807, 2.05) is 12.1 Å². The van der Waals surface area contributed by atoms with E-state index in [2.05, 4.69) is 37.4 Å². The van der Waals surface area contributed by atoms with E-state index in [0.29, 0.717) is 5.13 Å². The Balaban J connectivity index is 1.99. The van der Waals surface area contributed by atoms with Gasteiger partial charge in [-0.05, 0) is 24.1 Å². The fourth-order valence-corrected chi connectivity index (χ4v) is 2.24. The number of hydrogen-bond donors (Lipinski definition) is 1. The zero-order valence-corrected chi connectivity index (χ0v) is 10.4. The van der Waals surface area contributed by atoms with Crippen LogP contribution in [0.1, 0.15) is 11.4 Å². The fraction of sp³-hybridized carbons (Fsp3) is 0.200. The van der Waals surface area contributed by atoms with Crippen molar-refractivity contribution in [2.45, 2.75) is 12.8 Å². The van der Waals surface area contributed by atoms with Gasteiger partial charge in [-0.25, -0.2) is 4.98 Å². The summed E-state index contributed by atoms with van der Waals surface area (Å²) in [6.45, 7) is 0. The lowest BCUT2D eigenvalue weighted by Gasteiger charge is -1.99. The van der Waals surface area contributed by atoms with Crippen LogP contribution in [0.4, 0.5) is 5.13 Å². The van der Waals surface area contributed by atoms with Crippen molar-refractivity contribution < 1.29 is 0 Å². The minimum Gasteiger partial charge on any atom is -0.374 e. The number of aryl methyl sites for hydroxylation is 2. The van der Waals surface area contributed by atoms with Crippen LogP contribution in [0.25, 0.3) is 0 Å². The van der Waals surface area contributed by atoms with Gasteiger partial charge in [-0.1, -0.05) is 28.1 Å². The van der Waals surface area contributed by atoms with Gasteiger partial charge in [0, 0.05) is 22.4 Å². The number of nitrogens with zero attached hydrogens (tertiary/aromatic N) is 2. The number of anilines is 1. The van der Waals surface area contributed by atoms with Crippen LogP contribution in [0.5, 0.6) is 0 Å². The number of hydrogen-bond acceptors (Lipinski definition) is 4. The molecule has 0 aliphatic carbocycles. The summed E-state index contributed by atoms with van der Waals surface area (Å²) in [4.78, 5) is 4.12. The first-order valence-corrected chi connectivity index (χ1v) is 6.13. The second kappa shape index (κ2) is 4.72. The molecule has 5 heteroatoms. The molecule has 0 saturated heterocycles. The fourth-order valence-electron chi connectivity index (χ4n) is 1.32. The van der Waals surface area contributed by atoms with E-state index in [1.54, 1.807) is 0 Å². The molecule has 0 unspecified atom stereocenters. The van der Waals surface area contributed by atoms with E-state index < -0.39 is 0 Å². The van der Waals surface area contributed by atoms with Gasteiger partial charge in [-0.2, -0.15) is 4.37 Å². The molecule has 0 radical (unpaired) electrons. The molecule has 0 aliphatic rings. The van der Waals surface area contributed by atoms with Crippen LogP contribution < -0.4 is 5.73 Å². The van der Waals surface area contributed by atoms with Crippen molar-refractivity contribution in [3.8, 4) is 0 Å². The summed E-state index contributed by atoms with van der Waals surface area (Å²) >= 11 is 4.69. The summed E-state index contributed by atoms with van der Waals surface area (Å²) in [5, 5.41) is 0.541. The third-order valence-electron chi connectivity index (χ3n) is 2.01. The van der Waals surface area contributed by atoms with E-state index in [1.165, 1.54) is 17.1 Å². The summed E-state index contributed by atoms with van der Waals surface area (Å²) in [7, 11) is 0. The number of nitrogen functional groups attached to an aromatic ring is 1. The van der Waals surface area contributed by atoms with Crippen LogP contribution in [-0.4, -0.2) is 9.36 Å². The predicted octanol–water partition coefficient (Wildman–Crippen LogP) is 2.67. The van der Waals surface area contributed by atoms with Gasteiger partial charge in [-0.3, -0.25) is 0 Å². The molecule has 0 spiro atoms. The van der Waals surface area contributed by atoms with Crippen LogP contribution in [0.3, 0.4) is 0 Å². The number of rotatable bonds is 3. The Kier molecular flexibility index (Phi) is 3.33. The molecule has 15 heavy (non-hydrogen) atoms. The summed E-state index contributed by atoms with van der Waals surface area (Å²) in [5.41, 5.74) is 6.78. The standard InChI is InChI=1S/C10H10BrN3S/c11-8-3-1-2-7(6-8)4-5-9-13-10(12)15-14-9/h1-3,6H,4-5H2,(H2,12,13,14). The molecular formula is C10H10BrN3S. The zero-order valence-electron chi connectivity index (χ0n) is 7.98. The molecule has 0 aliphatic heterocycles. The molecule has 0 saturated carbocycles. The molecule has 1 aromatic heterocycles. The van der Waals surface area contributed by atoms with Crippen LogP contribution in [0.15, 0.2) is 28.7 Å². The van der Waals surface area contributed by atoms with Gasteiger partial charge in [0.1, 0.15) is 5.82 Å². The van der Waals surface area contributed by atoms with Gasteiger partial charge in [0.2, 0.25) is 0 Å². The highest BCUT2D eigenvalue weighted by Crippen LogP contribution is 2.14. The maximum absolute atomic E-state index is 5.51. The number of aromatic nitrogens is 2. The number of halogens is 1. The van der Waals surface area contributed by atoms with Crippen molar-refractivity contribution in [3.05, 3.63) is 40.1 Å². The topological polar surface area (TPSA) is 51.8 Å². The Morgan fingerprint density at radius 3 is 2.87 bits per heavy atom. The molecule has 78 valence electrons. The van der Waals surface area contributed by atoms with E-state index in [-0.39, 0.29) is 0 Å². The smallest absolute Gasteiger partial charge is 0.199 e. The van der Waals surface area contributed by atoms with Gasteiger partial charge in [0.05, 0.1) is 0 Å². The third kappa shape index (κ3) is 3.00. The molecule has 0 atom stereocenters. The van der Waals surface area contributed by atoms with Gasteiger partial charge >= 0.3 is 0 Å². The van der Waals surface area contributed by atoms with E-state index >= 15 is 0 Å². The van der Waals surface area contributed by atoms with Crippen molar-refractivity contribution >= 4 is 32.6 Å². The van der Waals surface area contributed by atoms with Crippen molar-refractivity contribution in [2.24, 2.45) is 0 Å². The van der Waals surface area contributed by atoms with Crippen LogP contribution >= 0.6 is 27.5 Å². The maximum atomic E-state index is 5.51. The Hall–Kier alpha value is -0.940. The number of nitrogens with two attached hydrogens (primary N) is 1. The largest absolute Gasteiger partial charge is 0.374 e. The summed E-state index contributed by atoms with van der Waals surface area (Å²) in [6.07, 6.45) is 1.78. The van der Waals surface area contributed by atoms with E-state index in [4.69, 9.17) is 5.73 Å². The number of benzene rings is 1. The second-order valence-electron chi connectivity index (χ2n) is 3.18. The Labute approximate surface area is 101 Å². The average Bonchev–Trinajstić information content (AvgIpc) is 2.62. The SMILES string of the molecule is Nc1nc(CCc2cccc(Br)c2)ns1. The summed E-state index contributed by atoms with van der Waals surface area (Å²) in [6, 6.07) is 8.25. The van der Waals surface area contributed by atoms with Crippen molar-refractivity contribution in [2.75, 3.05) is 5.73 Å². The van der Waals surface area contributed by atoms with Crippen LogP contribution in [-0.2, 0) is 12.8 Å². The van der Waals surface area contributed by atoms with E-state index in [0.717, 1.165) is 23.1 Å². The van der Waals surface area contributed by atoms with Gasteiger partial charge in [-0.15, -0.1) is 0 Å². The maximum Gasteiger partial charge on any atom is 0.199 e. The first-order valence-electron chi connectivity index (χ1n) is 4.56. The van der Waals surface area contributed by atoms with Gasteiger partial charge < -0.3 is 5.73 Å². The van der Waals surface area contributed by atoms with Crippen LogP contribution in [0.2, 0.25) is 0 Å². The second-order valence-corrected chi connectivity index (χ2v) is 4.88. The molecule has 2 aromatic rings. The quantitative estimate of drug-likeness (QED) is 0.942. The molecular weight excluding hydrogens is 274 g/mol. The highest BCUT2D eigenvalue weighted by Gasteiger charge is 2.01. The summed E-state index contributed by atoms with van der Waals surface area (Å²) in [5.74, 6) is 0.831. The zero-order chi connectivity index (χ0) is 10.7. The summed E-state index contributed by atoms with van der Waals surface area (Å²) < 4.78 is 5.25. The lowest BCUT2D eigenvalue weighted by Crippen LogP contribution is -1.94. The Bertz CT molecular complexity index is 455. The third-order valence-corrected chi connectivity index (χ3v) is 3.08. The van der Waals surface area contributed by atoms with Gasteiger partial charge in [0.15, 0.2) is 5.13 Å². The van der Waals surface area contributed by atoms with E-state index in [9.17, 15) is 0 Å². The predicted molar refractivity (Wildman–Crippen MR) is 65.9 cm³/mol. The highest BCUT2D eigenvalue weighted by molar-refractivity contribution is 9.10. The molecule has 0 bridgehead atoms. The minimum absolute atomic E-state index is 0.541. The lowest BCUT2D eigenvalue weighted by atomic mass is 10.1. The van der Waals surface area contributed by atoms with Crippen molar-refractivity contribution in [1.82, 2.24) is 9.36 Å². The van der Waals surface area contributed by atoms with Crippen molar-refractivity contribution in [1.29, 1.82) is 0 Å². The molecule has 0 amide bonds. The Morgan fingerprint density at radius 1 is 1.33 bits per heavy atom. The first kappa shape index (κ1) is 10.6. The molecule has 2 rings (SSSR count). The highest BCUT2D eigenvalue weighted by atomic mass is 79.9. The molecule has 0 fully saturated rings. The minimum atomic E-state index is 0.541. The first-order chi connectivity index (χ1) is 7.24. The van der Waals surface area contributed by atoms with Gasteiger partial charge in [0.25, 0.3) is 0 Å². The molecule has 3 nitrogen and oxygen atoms in total. The molecule has 1 aromatic carbocycles. The Morgan fingerprint density at radius 2 is 2.20 bits per heavy atom. The normalized spacial score (nSPS) is 10.5. The average molecular weight is 284 g/mol.